The van der Waals surface area contributed by atoms with Gasteiger partial charge in [0.2, 0.25) is 0 Å². The second kappa shape index (κ2) is 6.17. The summed E-state index contributed by atoms with van der Waals surface area (Å²) in [5.74, 6) is -0.139. The molecule has 0 rings (SSSR count). The lowest BCUT2D eigenvalue weighted by molar-refractivity contribution is 0.572. The number of sulfone groups is 2. The van der Waals surface area contributed by atoms with E-state index in [1.165, 1.54) is 0 Å². The van der Waals surface area contributed by atoms with E-state index in [0.717, 1.165) is 10.8 Å². The molecule has 5 nitrogen and oxygen atoms in total. The largest absolute Gasteiger partial charge is 0.256 e. The van der Waals surface area contributed by atoms with E-state index >= 15 is 0 Å². The third kappa shape index (κ3) is 4.91. The van der Waals surface area contributed by atoms with Crippen molar-refractivity contribution in [2.24, 2.45) is 0 Å². The highest BCUT2D eigenvalue weighted by Gasteiger charge is 2.21. The first-order valence-corrected chi connectivity index (χ1v) is 7.97. The second-order valence-corrected chi connectivity index (χ2v) is 7.50. The van der Waals surface area contributed by atoms with Crippen LogP contribution in [0, 0.1) is 0 Å². The SMILES string of the molecule is C=CS(=O)(=O)CCCC(C[NH])S(=O)(=O)C=C. The summed E-state index contributed by atoms with van der Waals surface area (Å²) in [6.07, 6.45) is 0.343. The lowest BCUT2D eigenvalue weighted by atomic mass is 10.2. The van der Waals surface area contributed by atoms with Crippen molar-refractivity contribution in [1.29, 1.82) is 0 Å². The van der Waals surface area contributed by atoms with Crippen LogP contribution >= 0.6 is 0 Å². The van der Waals surface area contributed by atoms with Gasteiger partial charge in [-0.3, -0.25) is 5.73 Å². The summed E-state index contributed by atoms with van der Waals surface area (Å²) in [6.45, 7) is 6.04. The fourth-order valence-electron chi connectivity index (χ4n) is 1.11. The first kappa shape index (κ1) is 15.3. The predicted molar refractivity (Wildman–Crippen MR) is 64.1 cm³/mol. The zero-order valence-corrected chi connectivity index (χ0v) is 10.6. The van der Waals surface area contributed by atoms with Gasteiger partial charge in [-0.15, -0.1) is 0 Å². The Hall–Kier alpha value is -0.660. The Balaban J connectivity index is 4.40. The Morgan fingerprint density at radius 3 is 2.06 bits per heavy atom. The van der Waals surface area contributed by atoms with Gasteiger partial charge in [-0.1, -0.05) is 13.2 Å². The molecule has 0 aliphatic carbocycles. The van der Waals surface area contributed by atoms with E-state index in [-0.39, 0.29) is 25.1 Å². The van der Waals surface area contributed by atoms with E-state index in [0.29, 0.717) is 0 Å². The van der Waals surface area contributed by atoms with Crippen LogP contribution in [0.1, 0.15) is 12.8 Å². The van der Waals surface area contributed by atoms with Crippen LogP contribution in [0.25, 0.3) is 0 Å². The van der Waals surface area contributed by atoms with Crippen LogP contribution in [0.15, 0.2) is 24.0 Å². The highest BCUT2D eigenvalue weighted by atomic mass is 32.2. The Morgan fingerprint density at radius 2 is 1.69 bits per heavy atom. The molecule has 0 saturated heterocycles. The summed E-state index contributed by atoms with van der Waals surface area (Å²) < 4.78 is 44.8. The van der Waals surface area contributed by atoms with Crippen molar-refractivity contribution < 1.29 is 16.8 Å². The topological polar surface area (TPSA) is 92.1 Å². The zero-order valence-electron chi connectivity index (χ0n) is 8.92. The molecule has 0 spiro atoms. The molecule has 0 aromatic carbocycles. The lowest BCUT2D eigenvalue weighted by Crippen LogP contribution is -2.24. The molecule has 0 bridgehead atoms. The molecule has 1 radical (unpaired) electrons. The minimum atomic E-state index is -3.48. The standard InChI is InChI=1S/C9H16NO4S2/c1-3-15(11,12)7-5-6-9(8-10)16(13,14)4-2/h3-4,9-10H,1-2,5-8H2. The minimum absolute atomic E-state index is 0.139. The molecule has 0 aliphatic rings. The molecule has 0 heterocycles. The van der Waals surface area contributed by atoms with Crippen molar-refractivity contribution in [2.45, 2.75) is 18.1 Å². The third-order valence-corrected chi connectivity index (χ3v) is 5.30. The van der Waals surface area contributed by atoms with Gasteiger partial charge in [-0.25, -0.2) is 16.8 Å². The Morgan fingerprint density at radius 1 is 1.12 bits per heavy atom. The van der Waals surface area contributed by atoms with E-state index < -0.39 is 24.9 Å². The van der Waals surface area contributed by atoms with Gasteiger partial charge in [0.25, 0.3) is 0 Å². The molecular formula is C9H16NO4S2. The fourth-order valence-corrected chi connectivity index (χ4v) is 2.85. The highest BCUT2D eigenvalue weighted by Crippen LogP contribution is 2.11. The van der Waals surface area contributed by atoms with Crippen LogP contribution in [-0.2, 0) is 19.7 Å². The van der Waals surface area contributed by atoms with Gasteiger partial charge in [-0.05, 0) is 12.8 Å². The molecule has 1 N–H and O–H groups in total. The smallest absolute Gasteiger partial charge is 0.175 e. The van der Waals surface area contributed by atoms with E-state index in [1.807, 2.05) is 0 Å². The molecule has 0 aromatic heterocycles. The molecule has 0 amide bonds. The summed E-state index contributed by atoms with van der Waals surface area (Å²) in [5.41, 5.74) is 7.10. The molecule has 7 heteroatoms. The highest BCUT2D eigenvalue weighted by molar-refractivity contribution is 7.95. The molecule has 1 unspecified atom stereocenters. The predicted octanol–water partition coefficient (Wildman–Crippen LogP) is 0.535. The summed E-state index contributed by atoms with van der Waals surface area (Å²) in [6, 6.07) is 0. The maximum Gasteiger partial charge on any atom is 0.175 e. The zero-order chi connectivity index (χ0) is 12.8. The fraction of sp³-hybridized carbons (Fsp3) is 0.556. The first-order chi connectivity index (χ1) is 7.29. The van der Waals surface area contributed by atoms with Crippen LogP contribution in [0.5, 0.6) is 0 Å². The minimum Gasteiger partial charge on any atom is -0.256 e. The molecule has 0 fully saturated rings. The Bertz CT molecular complexity index is 436. The Kier molecular flexibility index (Phi) is 5.91. The molecule has 16 heavy (non-hydrogen) atoms. The van der Waals surface area contributed by atoms with Crippen LogP contribution in [0.4, 0.5) is 0 Å². The molecular weight excluding hydrogens is 250 g/mol. The molecule has 0 aliphatic heterocycles. The van der Waals surface area contributed by atoms with Gasteiger partial charge in [-0.2, -0.15) is 0 Å². The van der Waals surface area contributed by atoms with Crippen LogP contribution < -0.4 is 5.73 Å². The number of hydrogen-bond donors (Lipinski definition) is 0. The van der Waals surface area contributed by atoms with Crippen molar-refractivity contribution in [1.82, 2.24) is 5.73 Å². The molecule has 1 atom stereocenters. The average Bonchev–Trinajstić information content (AvgIpc) is 2.24. The van der Waals surface area contributed by atoms with E-state index in [2.05, 4.69) is 13.2 Å². The lowest BCUT2D eigenvalue weighted by Gasteiger charge is -2.11. The van der Waals surface area contributed by atoms with Crippen molar-refractivity contribution in [3.8, 4) is 0 Å². The molecule has 0 aromatic rings. The monoisotopic (exact) mass is 266 g/mol. The van der Waals surface area contributed by atoms with Gasteiger partial charge >= 0.3 is 0 Å². The molecule has 0 saturated carbocycles. The summed E-state index contributed by atoms with van der Waals surface area (Å²) >= 11 is 0. The molecule has 93 valence electrons. The average molecular weight is 266 g/mol. The number of hydrogen-bond acceptors (Lipinski definition) is 4. The van der Waals surface area contributed by atoms with Crippen LogP contribution in [-0.4, -0.2) is 34.4 Å². The maximum atomic E-state index is 11.3. The van der Waals surface area contributed by atoms with Crippen LogP contribution in [0.3, 0.4) is 0 Å². The number of nitrogens with one attached hydrogen (secondary N) is 1. The normalized spacial score (nSPS) is 14.3. The van der Waals surface area contributed by atoms with Gasteiger partial charge < -0.3 is 0 Å². The summed E-state index contributed by atoms with van der Waals surface area (Å²) in [5, 5.41) is 0.795. The summed E-state index contributed by atoms with van der Waals surface area (Å²) in [4.78, 5) is 0. The van der Waals surface area contributed by atoms with Gasteiger partial charge in [0, 0.05) is 17.4 Å². The summed E-state index contributed by atoms with van der Waals surface area (Å²) in [7, 11) is -6.77. The number of rotatable bonds is 8. The van der Waals surface area contributed by atoms with Crippen molar-refractivity contribution >= 4 is 19.7 Å². The Labute approximate surface area is 96.9 Å². The van der Waals surface area contributed by atoms with E-state index in [4.69, 9.17) is 5.73 Å². The van der Waals surface area contributed by atoms with Gasteiger partial charge in [0.05, 0.1) is 11.0 Å². The van der Waals surface area contributed by atoms with Gasteiger partial charge in [0.15, 0.2) is 19.7 Å². The third-order valence-electron chi connectivity index (χ3n) is 2.13. The second-order valence-electron chi connectivity index (χ2n) is 3.26. The van der Waals surface area contributed by atoms with Crippen LogP contribution in [0.2, 0.25) is 0 Å². The first-order valence-electron chi connectivity index (χ1n) is 4.65. The van der Waals surface area contributed by atoms with Gasteiger partial charge in [0.1, 0.15) is 0 Å². The maximum absolute atomic E-state index is 11.3. The van der Waals surface area contributed by atoms with Crippen molar-refractivity contribution in [2.75, 3.05) is 12.3 Å². The quantitative estimate of drug-likeness (QED) is 0.640. The van der Waals surface area contributed by atoms with E-state index in [1.54, 1.807) is 0 Å². The van der Waals surface area contributed by atoms with E-state index in [9.17, 15) is 16.8 Å². The van der Waals surface area contributed by atoms with Crippen molar-refractivity contribution in [3.63, 3.8) is 0 Å². The van der Waals surface area contributed by atoms with Crippen molar-refractivity contribution in [3.05, 3.63) is 24.0 Å².